The van der Waals surface area contributed by atoms with Crippen LogP contribution in [0.5, 0.6) is 5.75 Å². The van der Waals surface area contributed by atoms with Gasteiger partial charge in [0.1, 0.15) is 11.8 Å². The maximum atomic E-state index is 9.02. The summed E-state index contributed by atoms with van der Waals surface area (Å²) < 4.78 is 5.74. The largest absolute Gasteiger partial charge is 0.492 e. The highest BCUT2D eigenvalue weighted by Crippen LogP contribution is 2.16. The lowest BCUT2D eigenvalue weighted by Gasteiger charge is -2.21. The molecule has 0 bridgehead atoms. The number of hydrogen-bond acceptors (Lipinski definition) is 3. The third-order valence-corrected chi connectivity index (χ3v) is 3.54. The fourth-order valence-corrected chi connectivity index (χ4v) is 2.25. The molecule has 0 aliphatic carbocycles. The summed E-state index contributed by atoms with van der Waals surface area (Å²) in [5.41, 5.74) is 0.617. The van der Waals surface area contributed by atoms with Crippen molar-refractivity contribution >= 4 is 0 Å². The van der Waals surface area contributed by atoms with Gasteiger partial charge < -0.3 is 9.64 Å². The van der Waals surface area contributed by atoms with Gasteiger partial charge in [0, 0.05) is 6.54 Å². The Hall–Kier alpha value is -1.53. The fourth-order valence-electron chi connectivity index (χ4n) is 2.25. The SMILES string of the molecule is CCCCN(CCCC)CCCOc1ccccc1C#N. The molecule has 0 atom stereocenters. The summed E-state index contributed by atoms with van der Waals surface area (Å²) in [5.74, 6) is 0.702. The van der Waals surface area contributed by atoms with Crippen LogP contribution in [0.15, 0.2) is 24.3 Å². The first kappa shape index (κ1) is 17.5. The van der Waals surface area contributed by atoms with Crippen molar-refractivity contribution in [2.75, 3.05) is 26.2 Å². The van der Waals surface area contributed by atoms with E-state index in [0.717, 1.165) is 13.0 Å². The van der Waals surface area contributed by atoms with E-state index in [2.05, 4.69) is 24.8 Å². The summed E-state index contributed by atoms with van der Waals surface area (Å²) in [7, 11) is 0. The molecule has 0 aromatic heterocycles. The smallest absolute Gasteiger partial charge is 0.137 e. The normalized spacial score (nSPS) is 10.6. The molecular formula is C18H28N2O. The predicted molar refractivity (Wildman–Crippen MR) is 87.5 cm³/mol. The van der Waals surface area contributed by atoms with Crippen molar-refractivity contribution in [2.45, 2.75) is 46.0 Å². The Balaban J connectivity index is 2.31. The highest BCUT2D eigenvalue weighted by atomic mass is 16.5. The van der Waals surface area contributed by atoms with Crippen LogP contribution in [-0.2, 0) is 0 Å². The van der Waals surface area contributed by atoms with E-state index in [1.807, 2.05) is 18.2 Å². The quantitative estimate of drug-likeness (QED) is 0.572. The predicted octanol–water partition coefficient (Wildman–Crippen LogP) is 4.23. The van der Waals surface area contributed by atoms with Gasteiger partial charge in [0.2, 0.25) is 0 Å². The average molecular weight is 288 g/mol. The number of rotatable bonds is 11. The minimum atomic E-state index is 0.617. The highest BCUT2D eigenvalue weighted by Gasteiger charge is 2.05. The third-order valence-electron chi connectivity index (χ3n) is 3.54. The molecule has 0 fully saturated rings. The molecule has 3 nitrogen and oxygen atoms in total. The van der Waals surface area contributed by atoms with E-state index in [-0.39, 0.29) is 0 Å². The molecule has 0 unspecified atom stereocenters. The molecule has 1 rings (SSSR count). The molecule has 0 spiro atoms. The average Bonchev–Trinajstić information content (AvgIpc) is 2.53. The maximum Gasteiger partial charge on any atom is 0.137 e. The molecular weight excluding hydrogens is 260 g/mol. The Morgan fingerprint density at radius 3 is 2.24 bits per heavy atom. The van der Waals surface area contributed by atoms with Gasteiger partial charge in [-0.25, -0.2) is 0 Å². The number of hydrogen-bond donors (Lipinski definition) is 0. The van der Waals surface area contributed by atoms with E-state index in [4.69, 9.17) is 10.00 Å². The zero-order chi connectivity index (χ0) is 15.3. The lowest BCUT2D eigenvalue weighted by atomic mass is 10.2. The van der Waals surface area contributed by atoms with E-state index in [9.17, 15) is 0 Å². The Kier molecular flexibility index (Phi) is 9.32. The van der Waals surface area contributed by atoms with Crippen molar-refractivity contribution in [3.8, 4) is 11.8 Å². The lowest BCUT2D eigenvalue weighted by molar-refractivity contribution is 0.229. The second-order valence-electron chi connectivity index (χ2n) is 5.36. The third kappa shape index (κ3) is 7.15. The molecule has 1 aromatic rings. The van der Waals surface area contributed by atoms with Crippen LogP contribution in [0.1, 0.15) is 51.5 Å². The molecule has 0 aliphatic rings. The van der Waals surface area contributed by atoms with Gasteiger partial charge in [-0.1, -0.05) is 38.8 Å². The number of ether oxygens (including phenoxy) is 1. The molecule has 3 heteroatoms. The van der Waals surface area contributed by atoms with Gasteiger partial charge in [0.05, 0.1) is 12.2 Å². The standard InChI is InChI=1S/C18H28N2O/c1-3-5-12-20(13-6-4-2)14-9-15-21-18-11-8-7-10-17(18)16-19/h7-8,10-11H,3-6,9,12-15H2,1-2H3. The summed E-state index contributed by atoms with van der Waals surface area (Å²) >= 11 is 0. The molecule has 0 radical (unpaired) electrons. The van der Waals surface area contributed by atoms with E-state index in [1.165, 1.54) is 38.8 Å². The summed E-state index contributed by atoms with van der Waals surface area (Å²) in [6.07, 6.45) is 6.03. The van der Waals surface area contributed by atoms with Gasteiger partial charge in [0.15, 0.2) is 0 Å². The minimum absolute atomic E-state index is 0.617. The van der Waals surface area contributed by atoms with Gasteiger partial charge >= 0.3 is 0 Å². The van der Waals surface area contributed by atoms with Crippen LogP contribution >= 0.6 is 0 Å². The van der Waals surface area contributed by atoms with E-state index < -0.39 is 0 Å². The number of para-hydroxylation sites is 1. The van der Waals surface area contributed by atoms with E-state index in [0.29, 0.717) is 17.9 Å². The van der Waals surface area contributed by atoms with Crippen LogP contribution in [0.4, 0.5) is 0 Å². The Labute approximate surface area is 129 Å². The molecule has 0 heterocycles. The van der Waals surface area contributed by atoms with Gasteiger partial charge in [0.25, 0.3) is 0 Å². The first-order valence-corrected chi connectivity index (χ1v) is 8.16. The molecule has 21 heavy (non-hydrogen) atoms. The van der Waals surface area contributed by atoms with Gasteiger partial charge in [-0.3, -0.25) is 0 Å². The van der Waals surface area contributed by atoms with Crippen LogP contribution in [0, 0.1) is 11.3 Å². The fraction of sp³-hybridized carbons (Fsp3) is 0.611. The van der Waals surface area contributed by atoms with Crippen LogP contribution in [0.3, 0.4) is 0 Å². The molecule has 0 saturated carbocycles. The number of nitriles is 1. The van der Waals surface area contributed by atoms with Crippen molar-refractivity contribution in [1.29, 1.82) is 5.26 Å². The number of unbranched alkanes of at least 4 members (excludes halogenated alkanes) is 2. The molecule has 1 aromatic carbocycles. The lowest BCUT2D eigenvalue weighted by Crippen LogP contribution is -2.28. The number of benzene rings is 1. The zero-order valence-electron chi connectivity index (χ0n) is 13.5. The van der Waals surface area contributed by atoms with Crippen molar-refractivity contribution < 1.29 is 4.74 Å². The summed E-state index contributed by atoms with van der Waals surface area (Å²) in [5, 5.41) is 9.02. The second-order valence-corrected chi connectivity index (χ2v) is 5.36. The maximum absolute atomic E-state index is 9.02. The first-order valence-electron chi connectivity index (χ1n) is 8.16. The Morgan fingerprint density at radius 1 is 1.00 bits per heavy atom. The topological polar surface area (TPSA) is 36.3 Å². The minimum Gasteiger partial charge on any atom is -0.492 e. The molecule has 0 aliphatic heterocycles. The highest BCUT2D eigenvalue weighted by molar-refractivity contribution is 5.42. The van der Waals surface area contributed by atoms with Crippen molar-refractivity contribution in [3.63, 3.8) is 0 Å². The van der Waals surface area contributed by atoms with Gasteiger partial charge in [-0.15, -0.1) is 0 Å². The van der Waals surface area contributed by atoms with E-state index in [1.54, 1.807) is 6.07 Å². The first-order chi connectivity index (χ1) is 10.3. The molecule has 0 N–H and O–H groups in total. The van der Waals surface area contributed by atoms with Crippen LogP contribution in [0.2, 0.25) is 0 Å². The molecule has 0 saturated heterocycles. The second kappa shape index (κ2) is 11.2. The Morgan fingerprint density at radius 2 is 1.62 bits per heavy atom. The molecule has 0 amide bonds. The van der Waals surface area contributed by atoms with Crippen LogP contribution in [-0.4, -0.2) is 31.1 Å². The summed E-state index contributed by atoms with van der Waals surface area (Å²) in [6.45, 7) is 8.60. The Bertz CT molecular complexity index is 417. The van der Waals surface area contributed by atoms with Crippen molar-refractivity contribution in [3.05, 3.63) is 29.8 Å². The zero-order valence-corrected chi connectivity index (χ0v) is 13.5. The van der Waals surface area contributed by atoms with E-state index >= 15 is 0 Å². The van der Waals surface area contributed by atoms with Gasteiger partial charge in [-0.2, -0.15) is 5.26 Å². The number of nitrogens with zero attached hydrogens (tertiary/aromatic N) is 2. The summed E-state index contributed by atoms with van der Waals surface area (Å²) in [4.78, 5) is 2.53. The van der Waals surface area contributed by atoms with Crippen LogP contribution < -0.4 is 4.74 Å². The monoisotopic (exact) mass is 288 g/mol. The molecule has 116 valence electrons. The van der Waals surface area contributed by atoms with Crippen molar-refractivity contribution in [1.82, 2.24) is 4.90 Å². The van der Waals surface area contributed by atoms with Crippen LogP contribution in [0.25, 0.3) is 0 Å². The van der Waals surface area contributed by atoms with Gasteiger partial charge in [-0.05, 0) is 44.5 Å². The summed E-state index contributed by atoms with van der Waals surface area (Å²) in [6, 6.07) is 9.60. The van der Waals surface area contributed by atoms with Crippen molar-refractivity contribution in [2.24, 2.45) is 0 Å².